The van der Waals surface area contributed by atoms with Gasteiger partial charge in [-0.3, -0.25) is 0 Å². The Hall–Kier alpha value is 0.150. The summed E-state index contributed by atoms with van der Waals surface area (Å²) in [5.74, 6) is 0. The van der Waals surface area contributed by atoms with Crippen molar-refractivity contribution in [2.75, 3.05) is 52.9 Å². The van der Waals surface area contributed by atoms with Crippen LogP contribution < -0.4 is 5.73 Å². The van der Waals surface area contributed by atoms with Crippen molar-refractivity contribution in [1.29, 1.82) is 0 Å². The lowest BCUT2D eigenvalue weighted by Gasteiger charge is -2.07. The molecule has 2 N–H and O–H groups in total. The lowest BCUT2D eigenvalue weighted by molar-refractivity contribution is -0.000841. The molecule has 0 amide bonds. The van der Waals surface area contributed by atoms with Crippen molar-refractivity contribution in [1.82, 2.24) is 0 Å². The van der Waals surface area contributed by atoms with Gasteiger partial charge in [0.25, 0.3) is 0 Å². The normalized spacial score (nSPS) is 12.6. The second-order valence-corrected chi connectivity index (χ2v) is 6.88. The summed E-state index contributed by atoms with van der Waals surface area (Å²) in [6.07, 6.45) is 11.2. The number of unbranched alkanes of at least 4 members (excludes halogenated alkanes) is 7. The van der Waals surface area contributed by atoms with Gasteiger partial charge in [-0.05, 0) is 19.8 Å². The van der Waals surface area contributed by atoms with E-state index in [0.717, 1.165) is 26.1 Å². The fraction of sp³-hybridized carbons (Fsp3) is 1.00. The van der Waals surface area contributed by atoms with Gasteiger partial charge in [0.1, 0.15) is 0 Å². The minimum atomic E-state index is 0.0596. The van der Waals surface area contributed by atoms with Crippen LogP contribution in [-0.4, -0.2) is 58.2 Å². The van der Waals surface area contributed by atoms with Crippen LogP contribution in [0.4, 0.5) is 0 Å². The molecule has 0 aliphatic heterocycles. The van der Waals surface area contributed by atoms with Crippen molar-refractivity contribution in [3.63, 3.8) is 0 Å². The van der Waals surface area contributed by atoms with Gasteiger partial charge in [-0.15, -0.1) is 0 Å². The predicted octanol–water partition coefficient (Wildman–Crippen LogP) is 3.80. The number of thiol groups is 1. The highest BCUT2D eigenvalue weighted by molar-refractivity contribution is 7.80. The Morgan fingerprint density at radius 3 is 1.48 bits per heavy atom. The molecule has 0 saturated heterocycles. The van der Waals surface area contributed by atoms with Gasteiger partial charge in [-0.2, -0.15) is 12.6 Å². The van der Waals surface area contributed by atoms with E-state index in [-0.39, 0.29) is 5.37 Å². The van der Waals surface area contributed by atoms with Crippen molar-refractivity contribution in [3.05, 3.63) is 0 Å². The average molecular weight is 380 g/mol. The van der Waals surface area contributed by atoms with Gasteiger partial charge in [-0.25, -0.2) is 0 Å². The summed E-state index contributed by atoms with van der Waals surface area (Å²) in [7, 11) is 0. The molecule has 5 nitrogen and oxygen atoms in total. The van der Waals surface area contributed by atoms with Crippen molar-refractivity contribution in [3.8, 4) is 0 Å². The minimum absolute atomic E-state index is 0.0596. The molecule has 0 bridgehead atoms. The van der Waals surface area contributed by atoms with Crippen LogP contribution in [0, 0.1) is 0 Å². The smallest absolute Gasteiger partial charge is 0.0701 e. The maximum atomic E-state index is 5.61. The van der Waals surface area contributed by atoms with Crippen molar-refractivity contribution in [2.24, 2.45) is 5.73 Å². The maximum Gasteiger partial charge on any atom is 0.0701 e. The third kappa shape index (κ3) is 24.1. The molecular formula is C19H41NO4S. The van der Waals surface area contributed by atoms with Crippen LogP contribution in [0.25, 0.3) is 0 Å². The van der Waals surface area contributed by atoms with Crippen LogP contribution >= 0.6 is 12.6 Å². The first-order chi connectivity index (χ1) is 12.3. The van der Waals surface area contributed by atoms with Crippen LogP contribution in [0.1, 0.15) is 64.7 Å². The van der Waals surface area contributed by atoms with Crippen LogP contribution in [0.5, 0.6) is 0 Å². The van der Waals surface area contributed by atoms with Gasteiger partial charge in [0, 0.05) is 18.6 Å². The molecule has 0 aliphatic rings. The molecule has 0 spiro atoms. The number of hydrogen-bond donors (Lipinski definition) is 2. The van der Waals surface area contributed by atoms with Gasteiger partial charge in [-0.1, -0.05) is 44.9 Å². The Kier molecular flexibility index (Phi) is 22.3. The molecule has 0 aromatic heterocycles. The Morgan fingerprint density at radius 2 is 1.00 bits per heavy atom. The van der Waals surface area contributed by atoms with E-state index in [1.165, 1.54) is 44.9 Å². The van der Waals surface area contributed by atoms with Gasteiger partial charge in [0.05, 0.1) is 39.6 Å². The Bertz CT molecular complexity index is 245. The monoisotopic (exact) mass is 379 g/mol. The Morgan fingerprint density at radius 1 is 0.600 bits per heavy atom. The molecule has 25 heavy (non-hydrogen) atoms. The predicted molar refractivity (Wildman–Crippen MR) is 107 cm³/mol. The summed E-state index contributed by atoms with van der Waals surface area (Å²) in [5, 5.41) is 0.0596. The third-order valence-corrected chi connectivity index (χ3v) is 4.12. The van der Waals surface area contributed by atoms with Gasteiger partial charge < -0.3 is 24.7 Å². The largest absolute Gasteiger partial charge is 0.379 e. The number of nitrogens with two attached hydrogens (primary N) is 1. The molecule has 0 saturated carbocycles. The van der Waals surface area contributed by atoms with E-state index in [2.05, 4.69) is 12.6 Å². The highest BCUT2D eigenvalue weighted by atomic mass is 32.1. The summed E-state index contributed by atoms with van der Waals surface area (Å²) in [6, 6.07) is 0. The SMILES string of the molecule is CCOCCOCCOCCOCCCCCCCCCCC(N)S. The number of ether oxygens (including phenoxy) is 4. The molecular weight excluding hydrogens is 338 g/mol. The molecule has 1 atom stereocenters. The van der Waals surface area contributed by atoms with Crippen molar-refractivity contribution < 1.29 is 18.9 Å². The number of rotatable bonds is 21. The lowest BCUT2D eigenvalue weighted by Crippen LogP contribution is -2.12. The Balaban J connectivity index is 2.96. The third-order valence-electron chi connectivity index (χ3n) is 3.86. The van der Waals surface area contributed by atoms with Crippen molar-refractivity contribution >= 4 is 12.6 Å². The first kappa shape index (κ1) is 25.1. The summed E-state index contributed by atoms with van der Waals surface area (Å²) >= 11 is 4.19. The number of hydrogen-bond acceptors (Lipinski definition) is 6. The first-order valence-electron chi connectivity index (χ1n) is 10.0. The second kappa shape index (κ2) is 22.2. The fourth-order valence-corrected chi connectivity index (χ4v) is 2.60. The van der Waals surface area contributed by atoms with E-state index in [0.29, 0.717) is 39.6 Å². The van der Waals surface area contributed by atoms with Gasteiger partial charge >= 0.3 is 0 Å². The molecule has 152 valence electrons. The maximum absolute atomic E-state index is 5.61. The molecule has 0 aliphatic carbocycles. The summed E-state index contributed by atoms with van der Waals surface area (Å²) in [4.78, 5) is 0. The van der Waals surface area contributed by atoms with Crippen molar-refractivity contribution in [2.45, 2.75) is 70.1 Å². The molecule has 0 heterocycles. The average Bonchev–Trinajstić information content (AvgIpc) is 2.60. The van der Waals surface area contributed by atoms with Crippen LogP contribution in [0.15, 0.2) is 0 Å². The highest BCUT2D eigenvalue weighted by Gasteiger charge is 1.96. The molecule has 0 aromatic carbocycles. The summed E-state index contributed by atoms with van der Waals surface area (Å²) in [5.41, 5.74) is 5.61. The van der Waals surface area contributed by atoms with Crippen LogP contribution in [-0.2, 0) is 18.9 Å². The lowest BCUT2D eigenvalue weighted by atomic mass is 10.1. The van der Waals surface area contributed by atoms with Gasteiger partial charge in [0.15, 0.2) is 0 Å². The highest BCUT2D eigenvalue weighted by Crippen LogP contribution is 2.11. The van der Waals surface area contributed by atoms with E-state index in [4.69, 9.17) is 24.7 Å². The first-order valence-corrected chi connectivity index (χ1v) is 10.5. The minimum Gasteiger partial charge on any atom is -0.379 e. The molecule has 0 rings (SSSR count). The molecule has 1 unspecified atom stereocenters. The van der Waals surface area contributed by atoms with Crippen LogP contribution in [0.3, 0.4) is 0 Å². The standard InChI is InChI=1S/C19H41NO4S/c1-2-21-13-14-23-17-18-24-16-15-22-12-10-8-6-4-3-5-7-9-11-19(20)25/h19,25H,2-18,20H2,1H3. The summed E-state index contributed by atoms with van der Waals surface area (Å²) in [6.45, 7) is 7.41. The molecule has 6 heteroatoms. The molecule has 0 aromatic rings. The molecule has 0 fully saturated rings. The van der Waals surface area contributed by atoms with Crippen LogP contribution in [0.2, 0.25) is 0 Å². The Labute approximate surface area is 160 Å². The van der Waals surface area contributed by atoms with Gasteiger partial charge in [0.2, 0.25) is 0 Å². The zero-order valence-electron chi connectivity index (χ0n) is 16.3. The zero-order valence-corrected chi connectivity index (χ0v) is 17.2. The quantitative estimate of drug-likeness (QED) is 0.180. The van der Waals surface area contributed by atoms with E-state index in [1.54, 1.807) is 0 Å². The van der Waals surface area contributed by atoms with E-state index >= 15 is 0 Å². The van der Waals surface area contributed by atoms with E-state index in [9.17, 15) is 0 Å². The zero-order chi connectivity index (χ0) is 18.4. The topological polar surface area (TPSA) is 62.9 Å². The second-order valence-electron chi connectivity index (χ2n) is 6.22. The van der Waals surface area contributed by atoms with E-state index < -0.39 is 0 Å². The fourth-order valence-electron chi connectivity index (χ4n) is 2.42. The van der Waals surface area contributed by atoms with E-state index in [1.807, 2.05) is 6.92 Å². The summed E-state index contributed by atoms with van der Waals surface area (Å²) < 4.78 is 21.6. The molecule has 0 radical (unpaired) electrons.